The van der Waals surface area contributed by atoms with E-state index < -0.39 is 0 Å². The van der Waals surface area contributed by atoms with E-state index in [9.17, 15) is 9.59 Å². The van der Waals surface area contributed by atoms with E-state index in [-0.39, 0.29) is 24.5 Å². The first-order valence-electron chi connectivity index (χ1n) is 11.2. The molecule has 0 N–H and O–H groups in total. The zero-order chi connectivity index (χ0) is 22.6. The van der Waals surface area contributed by atoms with Gasteiger partial charge in [-0.15, -0.1) is 11.3 Å². The number of ether oxygens (including phenoxy) is 1. The maximum Gasteiger partial charge on any atom is 0.284 e. The van der Waals surface area contributed by atoms with Crippen LogP contribution >= 0.6 is 11.3 Å². The minimum Gasteiger partial charge on any atom is -0.484 e. The van der Waals surface area contributed by atoms with E-state index in [0.29, 0.717) is 22.8 Å². The molecule has 3 aromatic rings. The van der Waals surface area contributed by atoms with Crippen molar-refractivity contribution in [2.45, 2.75) is 31.7 Å². The van der Waals surface area contributed by atoms with Crippen molar-refractivity contribution in [2.24, 2.45) is 5.10 Å². The lowest BCUT2D eigenvalue weighted by molar-refractivity contribution is -0.134. The topological polar surface area (TPSA) is 75.3 Å². The van der Waals surface area contributed by atoms with Gasteiger partial charge in [0.2, 0.25) is 0 Å². The number of piperidine rings is 1. The van der Waals surface area contributed by atoms with Crippen LogP contribution in [-0.4, -0.2) is 47.1 Å². The SMILES string of the molecule is O=C(COc1ccc(C2=NN(C(=O)c3cccs3)[C@@H](c3ccco3)C2)cc1)N1CCCCC1. The summed E-state index contributed by atoms with van der Waals surface area (Å²) < 4.78 is 11.3. The van der Waals surface area contributed by atoms with E-state index in [1.165, 1.54) is 22.8 Å². The lowest BCUT2D eigenvalue weighted by atomic mass is 10.0. The van der Waals surface area contributed by atoms with Crippen molar-refractivity contribution >= 4 is 28.9 Å². The molecule has 1 aromatic carbocycles. The lowest BCUT2D eigenvalue weighted by Crippen LogP contribution is -2.38. The van der Waals surface area contributed by atoms with Gasteiger partial charge in [-0.05, 0) is 72.7 Å². The fourth-order valence-electron chi connectivity index (χ4n) is 4.21. The van der Waals surface area contributed by atoms with E-state index in [4.69, 9.17) is 9.15 Å². The van der Waals surface area contributed by atoms with Gasteiger partial charge in [-0.25, -0.2) is 5.01 Å². The Labute approximate surface area is 196 Å². The van der Waals surface area contributed by atoms with E-state index in [1.54, 1.807) is 12.3 Å². The minimum atomic E-state index is -0.289. The van der Waals surface area contributed by atoms with Crippen molar-refractivity contribution < 1.29 is 18.7 Å². The molecule has 4 heterocycles. The average molecular weight is 464 g/mol. The average Bonchev–Trinajstić information content (AvgIpc) is 3.64. The molecule has 33 heavy (non-hydrogen) atoms. The molecule has 170 valence electrons. The number of hydrogen-bond acceptors (Lipinski definition) is 6. The van der Waals surface area contributed by atoms with Gasteiger partial charge in [0, 0.05) is 19.5 Å². The molecule has 1 saturated heterocycles. The van der Waals surface area contributed by atoms with Crippen LogP contribution in [0.4, 0.5) is 0 Å². The van der Waals surface area contributed by atoms with Crippen LogP contribution in [-0.2, 0) is 4.79 Å². The van der Waals surface area contributed by atoms with Crippen molar-refractivity contribution in [1.29, 1.82) is 0 Å². The van der Waals surface area contributed by atoms with Crippen LogP contribution in [0, 0.1) is 0 Å². The second kappa shape index (κ2) is 9.62. The molecular weight excluding hydrogens is 438 g/mol. The predicted molar refractivity (Wildman–Crippen MR) is 125 cm³/mol. The molecule has 7 nitrogen and oxygen atoms in total. The molecule has 2 amide bonds. The molecule has 1 atom stereocenters. The number of hydrogen-bond donors (Lipinski definition) is 0. The summed E-state index contributed by atoms with van der Waals surface area (Å²) >= 11 is 1.40. The number of rotatable bonds is 6. The third kappa shape index (κ3) is 4.71. The maximum atomic E-state index is 13.1. The molecule has 2 aliphatic rings. The lowest BCUT2D eigenvalue weighted by Gasteiger charge is -2.26. The van der Waals surface area contributed by atoms with Crippen LogP contribution in [0.3, 0.4) is 0 Å². The van der Waals surface area contributed by atoms with E-state index in [2.05, 4.69) is 5.10 Å². The molecule has 8 heteroatoms. The van der Waals surface area contributed by atoms with Crippen LogP contribution in [0.15, 0.2) is 69.7 Å². The van der Waals surface area contributed by atoms with Crippen molar-refractivity contribution in [1.82, 2.24) is 9.91 Å². The second-order valence-corrected chi connectivity index (χ2v) is 9.11. The first kappa shape index (κ1) is 21.5. The fraction of sp³-hybridized carbons (Fsp3) is 0.320. The molecular formula is C25H25N3O4S. The van der Waals surface area contributed by atoms with Crippen LogP contribution in [0.1, 0.15) is 52.7 Å². The fourth-order valence-corrected chi connectivity index (χ4v) is 4.87. The zero-order valence-corrected chi connectivity index (χ0v) is 19.0. The highest BCUT2D eigenvalue weighted by Crippen LogP contribution is 2.35. The number of furan rings is 1. The number of benzene rings is 1. The minimum absolute atomic E-state index is 0.0305. The third-order valence-electron chi connectivity index (χ3n) is 5.98. The summed E-state index contributed by atoms with van der Waals surface area (Å²) in [5.74, 6) is 1.23. The third-order valence-corrected chi connectivity index (χ3v) is 6.84. The van der Waals surface area contributed by atoms with Gasteiger partial charge in [-0.1, -0.05) is 6.07 Å². The molecule has 5 rings (SSSR count). The van der Waals surface area contributed by atoms with Crippen molar-refractivity contribution in [3.63, 3.8) is 0 Å². The smallest absolute Gasteiger partial charge is 0.284 e. The molecule has 0 radical (unpaired) electrons. The normalized spacial score (nSPS) is 18.3. The number of nitrogens with zero attached hydrogens (tertiary/aromatic N) is 3. The van der Waals surface area contributed by atoms with Crippen molar-refractivity contribution in [3.05, 3.63) is 76.4 Å². The standard InChI is InChI=1S/C25H25N3O4S/c29-24(27-12-2-1-3-13-27)17-32-19-10-8-18(9-11-19)20-16-21(22-6-4-14-31-22)28(26-20)25(30)23-7-5-15-33-23/h4-11,14-15,21H,1-3,12-13,16-17H2/t21-/m1/s1. The first-order valence-corrected chi connectivity index (χ1v) is 12.1. The van der Waals surface area contributed by atoms with Gasteiger partial charge in [0.25, 0.3) is 11.8 Å². The Bertz CT molecular complexity index is 1120. The van der Waals surface area contributed by atoms with Crippen molar-refractivity contribution in [3.8, 4) is 5.75 Å². The molecule has 2 aromatic heterocycles. The molecule has 1 fully saturated rings. The maximum absolute atomic E-state index is 13.1. The van der Waals surface area contributed by atoms with Gasteiger partial charge in [-0.3, -0.25) is 9.59 Å². The Morgan fingerprint density at radius 1 is 1.06 bits per heavy atom. The number of hydrazone groups is 1. The van der Waals surface area contributed by atoms with Gasteiger partial charge < -0.3 is 14.1 Å². The zero-order valence-electron chi connectivity index (χ0n) is 18.2. The highest BCUT2D eigenvalue weighted by molar-refractivity contribution is 7.12. The van der Waals surface area contributed by atoms with Crippen LogP contribution < -0.4 is 4.74 Å². The molecule has 0 aliphatic carbocycles. The Kier molecular flexibility index (Phi) is 6.26. The number of amides is 2. The van der Waals surface area contributed by atoms with Gasteiger partial charge >= 0.3 is 0 Å². The molecule has 0 unspecified atom stereocenters. The highest BCUT2D eigenvalue weighted by Gasteiger charge is 2.35. The quantitative estimate of drug-likeness (QED) is 0.530. The Morgan fingerprint density at radius 2 is 1.88 bits per heavy atom. The molecule has 0 bridgehead atoms. The Balaban J connectivity index is 1.28. The Hall–Kier alpha value is -3.39. The summed E-state index contributed by atoms with van der Waals surface area (Å²) in [4.78, 5) is 27.9. The summed E-state index contributed by atoms with van der Waals surface area (Å²) in [7, 11) is 0. The van der Waals surface area contributed by atoms with Crippen LogP contribution in [0.5, 0.6) is 5.75 Å². The van der Waals surface area contributed by atoms with E-state index in [0.717, 1.165) is 37.2 Å². The van der Waals surface area contributed by atoms with E-state index in [1.807, 2.05) is 52.7 Å². The summed E-state index contributed by atoms with van der Waals surface area (Å²) in [6, 6.07) is 14.6. The van der Waals surface area contributed by atoms with Gasteiger partial charge in [0.05, 0.1) is 16.9 Å². The number of carbonyl (C=O) groups excluding carboxylic acids is 2. The summed E-state index contributed by atoms with van der Waals surface area (Å²) in [5.41, 5.74) is 1.71. The Morgan fingerprint density at radius 3 is 2.58 bits per heavy atom. The molecule has 0 spiro atoms. The monoisotopic (exact) mass is 463 g/mol. The van der Waals surface area contributed by atoms with Gasteiger partial charge in [-0.2, -0.15) is 5.10 Å². The summed E-state index contributed by atoms with van der Waals surface area (Å²) in [6.07, 6.45) is 5.48. The highest BCUT2D eigenvalue weighted by atomic mass is 32.1. The number of thiophene rings is 1. The van der Waals surface area contributed by atoms with E-state index >= 15 is 0 Å². The largest absolute Gasteiger partial charge is 0.484 e. The van der Waals surface area contributed by atoms with Gasteiger partial charge in [0.15, 0.2) is 6.61 Å². The van der Waals surface area contributed by atoms with Gasteiger partial charge in [0.1, 0.15) is 17.6 Å². The molecule has 0 saturated carbocycles. The number of likely N-dealkylation sites (tertiary alicyclic amines) is 1. The molecule has 2 aliphatic heterocycles. The van der Waals surface area contributed by atoms with Crippen LogP contribution in [0.25, 0.3) is 0 Å². The second-order valence-electron chi connectivity index (χ2n) is 8.16. The predicted octanol–water partition coefficient (Wildman–Crippen LogP) is 4.72. The van der Waals surface area contributed by atoms with Crippen LogP contribution in [0.2, 0.25) is 0 Å². The summed E-state index contributed by atoms with van der Waals surface area (Å²) in [5, 5.41) is 8.06. The summed E-state index contributed by atoms with van der Waals surface area (Å²) in [6.45, 7) is 1.68. The van der Waals surface area contributed by atoms with Crippen molar-refractivity contribution in [2.75, 3.05) is 19.7 Å². The number of carbonyl (C=O) groups is 2. The first-order chi connectivity index (χ1) is 16.2.